The number of benzene rings is 1. The van der Waals surface area contributed by atoms with Gasteiger partial charge in [-0.25, -0.2) is 14.8 Å². The van der Waals surface area contributed by atoms with Crippen LogP contribution in [-0.4, -0.2) is 33.3 Å². The second-order valence-corrected chi connectivity index (χ2v) is 9.28. The number of carboxylic acids is 1. The summed E-state index contributed by atoms with van der Waals surface area (Å²) in [6, 6.07) is 3.73. The molecule has 1 aromatic heterocycles. The maximum Gasteiger partial charge on any atom is 0.328 e. The second kappa shape index (κ2) is 7.11. The van der Waals surface area contributed by atoms with Crippen molar-refractivity contribution >= 4 is 12.0 Å². The number of phenols is 1. The molecule has 6 rings (SSSR count). The molecule has 156 valence electrons. The lowest BCUT2D eigenvalue weighted by molar-refractivity contribution is -0.131. The highest BCUT2D eigenvalue weighted by Gasteiger charge is 2.52. The second-order valence-electron chi connectivity index (χ2n) is 9.28. The number of aromatic nitrogens is 2. The van der Waals surface area contributed by atoms with Crippen LogP contribution in [0.25, 0.3) is 17.5 Å². The van der Waals surface area contributed by atoms with Crippen molar-refractivity contribution in [2.45, 2.75) is 43.9 Å². The molecule has 30 heavy (non-hydrogen) atoms. The average molecular weight is 406 g/mol. The topological polar surface area (TPSA) is 92.5 Å². The van der Waals surface area contributed by atoms with Gasteiger partial charge in [0.25, 0.3) is 0 Å². The molecule has 0 unspecified atom stereocenters. The largest absolute Gasteiger partial charge is 0.508 e. The summed E-state index contributed by atoms with van der Waals surface area (Å²) in [6.07, 6.45) is 13.2. The summed E-state index contributed by atoms with van der Waals surface area (Å²) in [7, 11) is 1.58. The minimum absolute atomic E-state index is 0.0457. The van der Waals surface area contributed by atoms with Crippen molar-refractivity contribution < 1.29 is 19.7 Å². The Morgan fingerprint density at radius 3 is 2.23 bits per heavy atom. The van der Waals surface area contributed by atoms with Crippen molar-refractivity contribution in [3.05, 3.63) is 41.7 Å². The number of aliphatic carboxylic acids is 1. The van der Waals surface area contributed by atoms with Crippen LogP contribution in [0.3, 0.4) is 0 Å². The number of aromatic hydroxyl groups is 1. The highest BCUT2D eigenvalue weighted by Crippen LogP contribution is 2.62. The van der Waals surface area contributed by atoms with Crippen molar-refractivity contribution in [3.63, 3.8) is 0 Å². The molecule has 0 amide bonds. The molecule has 0 spiro atoms. The quantitative estimate of drug-likeness (QED) is 0.714. The number of phenolic OH excluding ortho intramolecular Hbond substituents is 1. The number of methoxy groups -OCH3 is 1. The van der Waals surface area contributed by atoms with E-state index in [4.69, 9.17) is 9.84 Å². The lowest BCUT2D eigenvalue weighted by atomic mass is 9.48. The van der Waals surface area contributed by atoms with E-state index in [1.165, 1.54) is 25.3 Å². The molecule has 4 aliphatic carbocycles. The lowest BCUT2D eigenvalue weighted by Gasteiger charge is -2.57. The number of hydrogen-bond acceptors (Lipinski definition) is 5. The van der Waals surface area contributed by atoms with Gasteiger partial charge in [-0.15, -0.1) is 0 Å². The fourth-order valence-corrected chi connectivity index (χ4v) is 6.51. The molecule has 2 N–H and O–H groups in total. The average Bonchev–Trinajstić information content (AvgIpc) is 2.71. The Bertz CT molecular complexity index is 977. The summed E-state index contributed by atoms with van der Waals surface area (Å²) >= 11 is 0. The van der Waals surface area contributed by atoms with Crippen LogP contribution < -0.4 is 4.74 Å². The Labute approximate surface area is 175 Å². The van der Waals surface area contributed by atoms with Gasteiger partial charge < -0.3 is 14.9 Å². The van der Waals surface area contributed by atoms with E-state index in [0.717, 1.165) is 54.2 Å². The Hall–Kier alpha value is -2.89. The van der Waals surface area contributed by atoms with Crippen molar-refractivity contribution in [1.82, 2.24) is 9.97 Å². The van der Waals surface area contributed by atoms with Crippen LogP contribution in [0.5, 0.6) is 11.5 Å². The fourth-order valence-electron chi connectivity index (χ4n) is 6.51. The van der Waals surface area contributed by atoms with Crippen LogP contribution >= 0.6 is 0 Å². The number of rotatable bonds is 5. The zero-order valence-electron chi connectivity index (χ0n) is 17.0. The maximum absolute atomic E-state index is 10.9. The highest BCUT2D eigenvalue weighted by molar-refractivity contribution is 5.85. The van der Waals surface area contributed by atoms with Crippen LogP contribution in [0.15, 0.2) is 30.6 Å². The van der Waals surface area contributed by atoms with Gasteiger partial charge in [0.15, 0.2) is 5.82 Å². The van der Waals surface area contributed by atoms with Gasteiger partial charge in [-0.2, -0.15) is 0 Å². The smallest absolute Gasteiger partial charge is 0.328 e. The maximum atomic E-state index is 10.9. The zero-order chi connectivity index (χ0) is 20.9. The van der Waals surface area contributed by atoms with E-state index in [1.807, 2.05) is 6.07 Å². The third-order valence-electron chi connectivity index (χ3n) is 7.26. The first kappa shape index (κ1) is 19.1. The molecule has 1 aromatic carbocycles. The molecule has 1 heterocycles. The number of carbonyl (C=O) groups is 1. The Balaban J connectivity index is 1.54. The number of ether oxygens (including phenoxy) is 1. The molecule has 6 nitrogen and oxygen atoms in total. The summed E-state index contributed by atoms with van der Waals surface area (Å²) < 4.78 is 5.53. The van der Waals surface area contributed by atoms with Crippen molar-refractivity contribution in [2.75, 3.05) is 7.11 Å². The molecular formula is C24H26N2O4. The molecular weight excluding hydrogens is 380 g/mol. The van der Waals surface area contributed by atoms with Crippen molar-refractivity contribution in [2.24, 2.45) is 17.8 Å². The molecule has 2 aromatic rings. The first-order chi connectivity index (χ1) is 14.5. The van der Waals surface area contributed by atoms with Crippen LogP contribution in [0.4, 0.5) is 0 Å². The Kier molecular flexibility index (Phi) is 4.53. The van der Waals surface area contributed by atoms with E-state index < -0.39 is 5.97 Å². The summed E-state index contributed by atoms with van der Waals surface area (Å²) in [5, 5.41) is 19.7. The molecule has 0 radical (unpaired) electrons. The first-order valence-electron chi connectivity index (χ1n) is 10.6. The van der Waals surface area contributed by atoms with Gasteiger partial charge in [-0.3, -0.25) is 0 Å². The van der Waals surface area contributed by atoms with Crippen LogP contribution in [0.1, 0.15) is 49.7 Å². The third kappa shape index (κ3) is 3.24. The monoisotopic (exact) mass is 406 g/mol. The zero-order valence-corrected chi connectivity index (χ0v) is 17.0. The van der Waals surface area contributed by atoms with Crippen LogP contribution in [0.2, 0.25) is 0 Å². The van der Waals surface area contributed by atoms with Gasteiger partial charge >= 0.3 is 5.97 Å². The summed E-state index contributed by atoms with van der Waals surface area (Å²) in [4.78, 5) is 19.6. The van der Waals surface area contributed by atoms with Crippen molar-refractivity contribution in [1.29, 1.82) is 0 Å². The third-order valence-corrected chi connectivity index (χ3v) is 7.26. The predicted molar refractivity (Wildman–Crippen MR) is 112 cm³/mol. The van der Waals surface area contributed by atoms with Gasteiger partial charge in [0, 0.05) is 35.7 Å². The summed E-state index contributed by atoms with van der Waals surface area (Å²) in [5.74, 6) is 2.66. The number of hydrogen-bond donors (Lipinski definition) is 2. The summed E-state index contributed by atoms with van der Waals surface area (Å²) in [6.45, 7) is 0. The molecule has 0 atom stereocenters. The van der Waals surface area contributed by atoms with E-state index >= 15 is 0 Å². The molecule has 4 fully saturated rings. The van der Waals surface area contributed by atoms with Gasteiger partial charge in [0.2, 0.25) is 0 Å². The first-order valence-corrected chi connectivity index (χ1v) is 10.6. The van der Waals surface area contributed by atoms with E-state index in [1.54, 1.807) is 25.6 Å². The minimum Gasteiger partial charge on any atom is -0.508 e. The number of carboxylic acid groups (broad SMARTS) is 1. The molecule has 4 bridgehead atoms. The fraction of sp³-hybridized carbons (Fsp3) is 0.458. The standard InChI is InChI=1S/C24H26N2O4/c1-30-21-8-20(27)19(24-9-15-4-16(10-24)6-17(5-15)11-24)7-18(21)23-25-12-14(13-26-23)2-3-22(28)29/h2-3,7-8,12-13,15-17,27H,4-6,9-11H2,1H3,(H,28,29). The normalized spacial score (nSPS) is 29.4. The summed E-state index contributed by atoms with van der Waals surface area (Å²) in [5.41, 5.74) is 2.43. The van der Waals surface area contributed by atoms with Gasteiger partial charge in [-0.05, 0) is 73.8 Å². The van der Waals surface area contributed by atoms with Gasteiger partial charge in [0.1, 0.15) is 11.5 Å². The molecule has 4 saturated carbocycles. The minimum atomic E-state index is -1.01. The molecule has 0 saturated heterocycles. The van der Waals surface area contributed by atoms with E-state index in [9.17, 15) is 9.90 Å². The molecule has 4 aliphatic rings. The van der Waals surface area contributed by atoms with Gasteiger partial charge in [-0.1, -0.05) is 0 Å². The Morgan fingerprint density at radius 1 is 1.10 bits per heavy atom. The molecule has 6 heteroatoms. The van der Waals surface area contributed by atoms with Crippen molar-refractivity contribution in [3.8, 4) is 22.9 Å². The highest BCUT2D eigenvalue weighted by atomic mass is 16.5. The van der Waals surface area contributed by atoms with E-state index in [2.05, 4.69) is 9.97 Å². The number of nitrogens with zero attached hydrogens (tertiary/aromatic N) is 2. The lowest BCUT2D eigenvalue weighted by Crippen LogP contribution is -2.48. The Morgan fingerprint density at radius 2 is 1.70 bits per heavy atom. The van der Waals surface area contributed by atoms with E-state index in [-0.39, 0.29) is 5.41 Å². The predicted octanol–water partition coefficient (Wildman–Crippen LogP) is 4.42. The molecule has 0 aliphatic heterocycles. The SMILES string of the molecule is COc1cc(O)c(C23CC4CC(CC(C4)C2)C3)cc1-c1ncc(C=CC(=O)O)cn1. The van der Waals surface area contributed by atoms with Crippen LogP contribution in [0, 0.1) is 17.8 Å². The van der Waals surface area contributed by atoms with Gasteiger partial charge in [0.05, 0.1) is 12.7 Å². The van der Waals surface area contributed by atoms with Crippen LogP contribution in [-0.2, 0) is 10.2 Å². The van der Waals surface area contributed by atoms with E-state index in [0.29, 0.717) is 22.9 Å².